The lowest BCUT2D eigenvalue weighted by Crippen LogP contribution is -2.06. The summed E-state index contributed by atoms with van der Waals surface area (Å²) in [5.74, 6) is 1.45. The summed E-state index contributed by atoms with van der Waals surface area (Å²) >= 11 is 8.34. The van der Waals surface area contributed by atoms with Gasteiger partial charge in [0.05, 0.1) is 9.26 Å². The maximum absolute atomic E-state index is 6.15. The smallest absolute Gasteiger partial charge is 0.161 e. The number of halogens is 2. The van der Waals surface area contributed by atoms with Crippen LogP contribution in [0, 0.1) is 10.5 Å². The lowest BCUT2D eigenvalue weighted by molar-refractivity contribution is 0.810. The first-order valence-electron chi connectivity index (χ1n) is 5.99. The van der Waals surface area contributed by atoms with E-state index in [1.54, 1.807) is 0 Å². The van der Waals surface area contributed by atoms with Gasteiger partial charge in [-0.2, -0.15) is 0 Å². The van der Waals surface area contributed by atoms with Crippen molar-refractivity contribution in [3.8, 4) is 11.4 Å². The van der Waals surface area contributed by atoms with Gasteiger partial charge in [0.2, 0.25) is 0 Å². The summed E-state index contributed by atoms with van der Waals surface area (Å²) < 4.78 is 0.926. The first kappa shape index (κ1) is 14.5. The molecule has 5 heteroatoms. The van der Waals surface area contributed by atoms with Crippen molar-refractivity contribution >= 4 is 40.0 Å². The summed E-state index contributed by atoms with van der Waals surface area (Å²) in [7, 11) is 0. The lowest BCUT2D eigenvalue weighted by atomic mass is 10.1. The van der Waals surface area contributed by atoms with E-state index in [2.05, 4.69) is 46.4 Å². The Morgan fingerprint density at radius 1 is 1.26 bits per heavy atom. The third-order valence-corrected chi connectivity index (χ3v) is 4.39. The van der Waals surface area contributed by atoms with E-state index >= 15 is 0 Å². The number of nitrogens with two attached hydrogens (primary N) is 1. The number of aromatic nitrogens is 2. The zero-order chi connectivity index (χ0) is 14.2. The highest BCUT2D eigenvalue weighted by molar-refractivity contribution is 14.1. The molecule has 1 heterocycles. The van der Waals surface area contributed by atoms with Gasteiger partial charge in [0.15, 0.2) is 5.82 Å². The number of nitrogen functional groups attached to an aromatic ring is 1. The molecule has 1 aromatic carbocycles. The number of anilines is 1. The number of hydrogen-bond donors (Lipinski definition) is 1. The number of nitrogens with zero attached hydrogens (tertiary/aromatic N) is 2. The van der Waals surface area contributed by atoms with Gasteiger partial charge >= 0.3 is 0 Å². The number of benzene rings is 1. The summed E-state index contributed by atoms with van der Waals surface area (Å²) in [5, 5.41) is 0.712. The number of aryl methyl sites for hydroxylation is 1. The Kier molecular flexibility index (Phi) is 4.30. The van der Waals surface area contributed by atoms with Gasteiger partial charge in [0.1, 0.15) is 5.82 Å². The van der Waals surface area contributed by atoms with E-state index in [4.69, 9.17) is 17.3 Å². The molecule has 2 rings (SSSR count). The average molecular weight is 388 g/mol. The van der Waals surface area contributed by atoms with E-state index in [0.29, 0.717) is 22.6 Å². The molecule has 0 radical (unpaired) electrons. The molecule has 0 fully saturated rings. The molecule has 2 N–H and O–H groups in total. The fourth-order valence-electron chi connectivity index (χ4n) is 1.73. The van der Waals surface area contributed by atoms with Crippen LogP contribution in [-0.2, 0) is 0 Å². The van der Waals surface area contributed by atoms with Crippen LogP contribution in [0.4, 0.5) is 5.82 Å². The molecule has 2 aromatic rings. The van der Waals surface area contributed by atoms with Gasteiger partial charge in [-0.25, -0.2) is 9.97 Å². The maximum Gasteiger partial charge on any atom is 0.161 e. The van der Waals surface area contributed by atoms with Crippen LogP contribution in [0.15, 0.2) is 18.2 Å². The Labute approximate surface area is 131 Å². The molecular weight excluding hydrogens is 373 g/mol. The van der Waals surface area contributed by atoms with Crippen molar-refractivity contribution in [1.29, 1.82) is 0 Å². The number of hydrogen-bond acceptors (Lipinski definition) is 3. The van der Waals surface area contributed by atoms with E-state index in [1.165, 1.54) is 0 Å². The van der Waals surface area contributed by atoms with E-state index in [-0.39, 0.29) is 0 Å². The van der Waals surface area contributed by atoms with Gasteiger partial charge in [-0.1, -0.05) is 37.6 Å². The summed E-state index contributed by atoms with van der Waals surface area (Å²) in [5.41, 5.74) is 8.87. The minimum Gasteiger partial charge on any atom is -0.383 e. The second-order valence-electron chi connectivity index (χ2n) is 4.75. The zero-order valence-corrected chi connectivity index (χ0v) is 14.0. The van der Waals surface area contributed by atoms with Gasteiger partial charge in [-0.15, -0.1) is 0 Å². The second-order valence-corrected chi connectivity index (χ2v) is 6.24. The van der Waals surface area contributed by atoms with E-state index in [0.717, 1.165) is 20.4 Å². The number of rotatable bonds is 2. The zero-order valence-electron chi connectivity index (χ0n) is 11.0. The molecule has 0 aliphatic heterocycles. The van der Waals surface area contributed by atoms with Crippen molar-refractivity contribution in [3.05, 3.63) is 38.0 Å². The molecule has 0 saturated carbocycles. The molecule has 1 aromatic heterocycles. The molecule has 0 saturated heterocycles. The molecule has 19 heavy (non-hydrogen) atoms. The van der Waals surface area contributed by atoms with Crippen LogP contribution in [0.25, 0.3) is 11.4 Å². The van der Waals surface area contributed by atoms with Gasteiger partial charge in [-0.05, 0) is 47.1 Å². The molecular formula is C14H15ClIN3. The normalized spacial score (nSPS) is 11.1. The Balaban J connectivity index is 2.59. The summed E-state index contributed by atoms with van der Waals surface area (Å²) in [6, 6.07) is 5.81. The third kappa shape index (κ3) is 3.00. The third-order valence-electron chi connectivity index (χ3n) is 2.88. The van der Waals surface area contributed by atoms with Crippen molar-refractivity contribution in [3.63, 3.8) is 0 Å². The van der Waals surface area contributed by atoms with Crippen molar-refractivity contribution in [2.45, 2.75) is 26.7 Å². The molecule has 0 unspecified atom stereocenters. The fraction of sp³-hybridized carbons (Fsp3) is 0.286. The topological polar surface area (TPSA) is 51.8 Å². The fourth-order valence-corrected chi connectivity index (χ4v) is 2.77. The first-order valence-corrected chi connectivity index (χ1v) is 7.45. The molecule has 3 nitrogen and oxygen atoms in total. The second kappa shape index (κ2) is 5.63. The van der Waals surface area contributed by atoms with Crippen LogP contribution in [0.1, 0.15) is 31.0 Å². The SMILES string of the molecule is Cc1ccc(-c2nc(N)c(I)c(C(C)C)n2)cc1Cl. The largest absolute Gasteiger partial charge is 0.383 e. The van der Waals surface area contributed by atoms with Crippen LogP contribution in [0.3, 0.4) is 0 Å². The summed E-state index contributed by atoms with van der Waals surface area (Å²) in [6.45, 7) is 6.15. The molecule has 0 aliphatic carbocycles. The Hall–Kier alpha value is -0.880. The van der Waals surface area contributed by atoms with Gasteiger partial charge in [0.25, 0.3) is 0 Å². The molecule has 0 amide bonds. The van der Waals surface area contributed by atoms with Crippen molar-refractivity contribution in [2.24, 2.45) is 0 Å². The highest BCUT2D eigenvalue weighted by Crippen LogP contribution is 2.28. The monoisotopic (exact) mass is 387 g/mol. The van der Waals surface area contributed by atoms with Crippen molar-refractivity contribution < 1.29 is 0 Å². The van der Waals surface area contributed by atoms with Crippen LogP contribution in [0.5, 0.6) is 0 Å². The van der Waals surface area contributed by atoms with Crippen LogP contribution in [0.2, 0.25) is 5.02 Å². The predicted octanol–water partition coefficient (Wildman–Crippen LogP) is 4.42. The van der Waals surface area contributed by atoms with Crippen molar-refractivity contribution in [2.75, 3.05) is 5.73 Å². The Bertz CT molecular complexity index is 626. The van der Waals surface area contributed by atoms with E-state index in [1.807, 2.05) is 25.1 Å². The van der Waals surface area contributed by atoms with E-state index in [9.17, 15) is 0 Å². The molecule has 0 atom stereocenters. The van der Waals surface area contributed by atoms with Gasteiger partial charge in [0, 0.05) is 10.6 Å². The Morgan fingerprint density at radius 2 is 1.95 bits per heavy atom. The quantitative estimate of drug-likeness (QED) is 0.776. The molecule has 0 aliphatic rings. The maximum atomic E-state index is 6.15. The molecule has 0 spiro atoms. The highest BCUT2D eigenvalue weighted by Gasteiger charge is 2.14. The first-order chi connectivity index (χ1) is 8.90. The van der Waals surface area contributed by atoms with Crippen molar-refractivity contribution in [1.82, 2.24) is 9.97 Å². The van der Waals surface area contributed by atoms with E-state index < -0.39 is 0 Å². The Morgan fingerprint density at radius 3 is 2.53 bits per heavy atom. The summed E-state index contributed by atoms with van der Waals surface area (Å²) in [6.07, 6.45) is 0. The minimum atomic E-state index is 0.303. The standard InChI is InChI=1S/C14H15ClIN3/c1-7(2)12-11(16)13(17)19-14(18-12)9-5-4-8(3)10(15)6-9/h4-7H,1-3H3,(H2,17,18,19). The highest BCUT2D eigenvalue weighted by atomic mass is 127. The minimum absolute atomic E-state index is 0.303. The van der Waals surface area contributed by atoms with Crippen LogP contribution < -0.4 is 5.73 Å². The van der Waals surface area contributed by atoms with Crippen LogP contribution >= 0.6 is 34.2 Å². The van der Waals surface area contributed by atoms with Gasteiger partial charge < -0.3 is 5.73 Å². The average Bonchev–Trinajstić information content (AvgIpc) is 2.35. The van der Waals surface area contributed by atoms with Gasteiger partial charge in [-0.3, -0.25) is 0 Å². The predicted molar refractivity (Wildman–Crippen MR) is 88.4 cm³/mol. The lowest BCUT2D eigenvalue weighted by Gasteiger charge is -2.12. The van der Waals surface area contributed by atoms with Crippen LogP contribution in [-0.4, -0.2) is 9.97 Å². The summed E-state index contributed by atoms with van der Waals surface area (Å²) in [4.78, 5) is 8.97. The molecule has 0 bridgehead atoms. The molecule has 100 valence electrons.